The molecule has 1 amide bonds. The molecule has 1 aliphatic carbocycles. The van der Waals surface area contributed by atoms with Gasteiger partial charge in [-0.25, -0.2) is 0 Å². The lowest BCUT2D eigenvalue weighted by Gasteiger charge is -2.26. The number of nitrogens with zero attached hydrogens (tertiary/aromatic N) is 1. The van der Waals surface area contributed by atoms with Crippen LogP contribution in [-0.2, 0) is 4.79 Å². The van der Waals surface area contributed by atoms with Gasteiger partial charge in [0.15, 0.2) is 0 Å². The first kappa shape index (κ1) is 9.28. The lowest BCUT2D eigenvalue weighted by atomic mass is 9.87. The van der Waals surface area contributed by atoms with Crippen molar-refractivity contribution >= 4 is 17.5 Å². The fourth-order valence-electron chi connectivity index (χ4n) is 2.66. The van der Waals surface area contributed by atoms with Crippen LogP contribution < -0.4 is 5.73 Å². The number of nitrogens with two attached hydrogens (primary N) is 1. The molecule has 0 aromatic heterocycles. The van der Waals surface area contributed by atoms with E-state index in [1.54, 1.807) is 0 Å². The Morgan fingerprint density at radius 1 is 1.46 bits per heavy atom. The van der Waals surface area contributed by atoms with Gasteiger partial charge in [-0.05, 0) is 25.2 Å². The molecule has 0 aromatic carbocycles. The van der Waals surface area contributed by atoms with Gasteiger partial charge in [-0.2, -0.15) is 0 Å². The summed E-state index contributed by atoms with van der Waals surface area (Å²) < 4.78 is 0. The normalized spacial score (nSPS) is 38.0. The van der Waals surface area contributed by atoms with Gasteiger partial charge in [0, 0.05) is 18.6 Å². The number of hydrogen-bond acceptors (Lipinski definition) is 2. The Labute approximate surface area is 83.2 Å². The molecule has 3 unspecified atom stereocenters. The highest BCUT2D eigenvalue weighted by molar-refractivity contribution is 6.27. The Morgan fingerprint density at radius 2 is 2.23 bits per heavy atom. The summed E-state index contributed by atoms with van der Waals surface area (Å²) in [5.74, 6) is 0.808. The van der Waals surface area contributed by atoms with Crippen molar-refractivity contribution in [2.75, 3.05) is 12.4 Å². The Balaban J connectivity index is 2.05. The summed E-state index contributed by atoms with van der Waals surface area (Å²) >= 11 is 5.54. The summed E-state index contributed by atoms with van der Waals surface area (Å²) in [7, 11) is 0. The first-order valence-corrected chi connectivity index (χ1v) is 5.35. The Morgan fingerprint density at radius 3 is 2.92 bits per heavy atom. The SMILES string of the molecule is NC1CC2CC(C1)N(C(=O)CCl)C2. The lowest BCUT2D eigenvalue weighted by molar-refractivity contribution is -0.129. The highest BCUT2D eigenvalue weighted by atomic mass is 35.5. The molecule has 0 radical (unpaired) electrons. The number of halogens is 1. The van der Waals surface area contributed by atoms with Crippen molar-refractivity contribution in [3.8, 4) is 0 Å². The average Bonchev–Trinajstić information content (AvgIpc) is 2.40. The maximum absolute atomic E-state index is 11.4. The van der Waals surface area contributed by atoms with E-state index in [9.17, 15) is 4.79 Å². The first-order valence-electron chi connectivity index (χ1n) is 4.81. The van der Waals surface area contributed by atoms with Crippen LogP contribution in [0, 0.1) is 5.92 Å². The summed E-state index contributed by atoms with van der Waals surface area (Å²) in [6, 6.07) is 0.664. The van der Waals surface area contributed by atoms with Crippen LogP contribution in [0.25, 0.3) is 0 Å². The van der Waals surface area contributed by atoms with Gasteiger partial charge in [-0.3, -0.25) is 4.79 Å². The van der Waals surface area contributed by atoms with Crippen LogP contribution in [0.5, 0.6) is 0 Å². The second-order valence-electron chi connectivity index (χ2n) is 4.17. The van der Waals surface area contributed by atoms with Crippen LogP contribution in [-0.4, -0.2) is 35.3 Å². The molecule has 1 heterocycles. The Kier molecular flexibility index (Phi) is 2.47. The highest BCUT2D eigenvalue weighted by Crippen LogP contribution is 2.34. The number of carbonyl (C=O) groups excluding carboxylic acids is 1. The minimum atomic E-state index is 0.0725. The summed E-state index contributed by atoms with van der Waals surface area (Å²) in [4.78, 5) is 13.3. The quantitative estimate of drug-likeness (QED) is 0.632. The minimum absolute atomic E-state index is 0.0725. The molecular weight excluding hydrogens is 188 g/mol. The number of alkyl halides is 1. The fraction of sp³-hybridized carbons (Fsp3) is 0.889. The summed E-state index contributed by atoms with van der Waals surface area (Å²) in [5.41, 5.74) is 5.89. The van der Waals surface area contributed by atoms with Gasteiger partial charge < -0.3 is 10.6 Å². The molecule has 0 spiro atoms. The van der Waals surface area contributed by atoms with E-state index < -0.39 is 0 Å². The van der Waals surface area contributed by atoms with Crippen LogP contribution >= 0.6 is 11.6 Å². The van der Waals surface area contributed by atoms with Crippen molar-refractivity contribution in [2.24, 2.45) is 11.7 Å². The largest absolute Gasteiger partial charge is 0.338 e. The van der Waals surface area contributed by atoms with Crippen molar-refractivity contribution in [1.82, 2.24) is 4.90 Å². The molecule has 0 aromatic rings. The van der Waals surface area contributed by atoms with Crippen molar-refractivity contribution in [1.29, 1.82) is 0 Å². The zero-order valence-electron chi connectivity index (χ0n) is 7.58. The van der Waals surface area contributed by atoms with Crippen LogP contribution in [0.4, 0.5) is 0 Å². The average molecular weight is 203 g/mol. The van der Waals surface area contributed by atoms with E-state index >= 15 is 0 Å². The maximum Gasteiger partial charge on any atom is 0.237 e. The lowest BCUT2D eigenvalue weighted by Crippen LogP contribution is -2.39. The molecule has 13 heavy (non-hydrogen) atoms. The topological polar surface area (TPSA) is 46.3 Å². The molecule has 1 saturated carbocycles. The van der Waals surface area contributed by atoms with E-state index in [1.165, 1.54) is 0 Å². The molecule has 1 aliphatic heterocycles. The van der Waals surface area contributed by atoms with E-state index in [0.717, 1.165) is 25.8 Å². The summed E-state index contributed by atoms with van der Waals surface area (Å²) in [6.07, 6.45) is 3.16. The molecule has 2 N–H and O–H groups in total. The molecule has 2 rings (SSSR count). The third-order valence-corrected chi connectivity index (χ3v) is 3.38. The third kappa shape index (κ3) is 1.67. The first-order chi connectivity index (χ1) is 6.20. The second kappa shape index (κ2) is 3.46. The molecule has 4 heteroatoms. The van der Waals surface area contributed by atoms with Crippen LogP contribution in [0.1, 0.15) is 19.3 Å². The smallest absolute Gasteiger partial charge is 0.237 e. The standard InChI is InChI=1S/C9H15ClN2O/c10-4-9(13)12-5-6-1-7(11)3-8(12)2-6/h6-8H,1-5,11H2. The molecule has 3 atom stereocenters. The van der Waals surface area contributed by atoms with Crippen molar-refractivity contribution in [2.45, 2.75) is 31.3 Å². The number of amides is 1. The zero-order chi connectivity index (χ0) is 9.42. The van der Waals surface area contributed by atoms with Crippen molar-refractivity contribution < 1.29 is 4.79 Å². The number of hydrogen-bond donors (Lipinski definition) is 1. The molecule has 74 valence electrons. The van der Waals surface area contributed by atoms with Crippen LogP contribution in [0.3, 0.4) is 0 Å². The second-order valence-corrected chi connectivity index (χ2v) is 4.43. The van der Waals surface area contributed by atoms with E-state index in [0.29, 0.717) is 12.0 Å². The van der Waals surface area contributed by atoms with E-state index in [4.69, 9.17) is 17.3 Å². The molecule has 1 saturated heterocycles. The van der Waals surface area contributed by atoms with Gasteiger partial charge in [-0.1, -0.05) is 0 Å². The van der Waals surface area contributed by atoms with Crippen LogP contribution in [0.15, 0.2) is 0 Å². The predicted octanol–water partition coefficient (Wildman–Crippen LogP) is 0.563. The van der Waals surface area contributed by atoms with Gasteiger partial charge >= 0.3 is 0 Å². The molecule has 2 aliphatic rings. The zero-order valence-corrected chi connectivity index (χ0v) is 8.33. The summed E-state index contributed by atoms with van der Waals surface area (Å²) in [6.45, 7) is 0.879. The Hall–Kier alpha value is -0.280. The van der Waals surface area contributed by atoms with Gasteiger partial charge in [0.25, 0.3) is 0 Å². The van der Waals surface area contributed by atoms with Gasteiger partial charge in [-0.15, -0.1) is 11.6 Å². The van der Waals surface area contributed by atoms with Crippen molar-refractivity contribution in [3.05, 3.63) is 0 Å². The highest BCUT2D eigenvalue weighted by Gasteiger charge is 2.39. The third-order valence-electron chi connectivity index (χ3n) is 3.15. The van der Waals surface area contributed by atoms with E-state index in [-0.39, 0.29) is 17.8 Å². The monoisotopic (exact) mass is 202 g/mol. The number of carbonyl (C=O) groups is 1. The minimum Gasteiger partial charge on any atom is -0.338 e. The molecule has 2 fully saturated rings. The Bertz CT molecular complexity index is 222. The number of likely N-dealkylation sites (tertiary alicyclic amines) is 1. The van der Waals surface area contributed by atoms with Crippen molar-refractivity contribution in [3.63, 3.8) is 0 Å². The maximum atomic E-state index is 11.4. The van der Waals surface area contributed by atoms with Gasteiger partial charge in [0.1, 0.15) is 5.88 Å². The van der Waals surface area contributed by atoms with Gasteiger partial charge in [0.05, 0.1) is 0 Å². The fourth-order valence-corrected chi connectivity index (χ4v) is 2.82. The van der Waals surface area contributed by atoms with E-state index in [1.807, 2.05) is 4.90 Å². The molecule has 2 bridgehead atoms. The number of fused-ring (bicyclic) bond motifs is 2. The van der Waals surface area contributed by atoms with Gasteiger partial charge in [0.2, 0.25) is 5.91 Å². The van der Waals surface area contributed by atoms with E-state index in [2.05, 4.69) is 0 Å². The molecule has 3 nitrogen and oxygen atoms in total. The predicted molar refractivity (Wildman–Crippen MR) is 51.5 cm³/mol. The number of rotatable bonds is 1. The molecular formula is C9H15ClN2O. The summed E-state index contributed by atoms with van der Waals surface area (Å²) in [5, 5.41) is 0. The van der Waals surface area contributed by atoms with Crippen LogP contribution in [0.2, 0.25) is 0 Å².